The van der Waals surface area contributed by atoms with Crippen LogP contribution in [0.15, 0.2) is 79.3 Å². The van der Waals surface area contributed by atoms with Gasteiger partial charge in [-0.3, -0.25) is 15.0 Å². The number of carbonyl (C=O) groups excluding carboxylic acids is 1. The van der Waals surface area contributed by atoms with Crippen molar-refractivity contribution in [1.29, 1.82) is 5.41 Å². The van der Waals surface area contributed by atoms with Crippen LogP contribution in [0.3, 0.4) is 0 Å². The number of amides is 1. The van der Waals surface area contributed by atoms with Crippen LogP contribution < -0.4 is 5.48 Å². The summed E-state index contributed by atoms with van der Waals surface area (Å²) in [5, 5.41) is 22.2. The minimum Gasteiger partial charge on any atom is -0.309 e. The Labute approximate surface area is 198 Å². The van der Waals surface area contributed by atoms with Gasteiger partial charge in [0.2, 0.25) is 0 Å². The number of benzene rings is 1. The van der Waals surface area contributed by atoms with Gasteiger partial charge in [0, 0.05) is 47.4 Å². The highest BCUT2D eigenvalue weighted by molar-refractivity contribution is 5.91. The highest BCUT2D eigenvalue weighted by Gasteiger charge is 2.19. The molecule has 4 rings (SSSR count). The molecule has 0 saturated carbocycles. The van der Waals surface area contributed by atoms with Gasteiger partial charge in [0.1, 0.15) is 0 Å². The van der Waals surface area contributed by atoms with Crippen LogP contribution in [0.5, 0.6) is 0 Å². The number of rotatable bonds is 9. The molecule has 34 heavy (non-hydrogen) atoms. The van der Waals surface area contributed by atoms with Crippen molar-refractivity contribution in [2.24, 2.45) is 0 Å². The Balaban J connectivity index is 1.53. The summed E-state index contributed by atoms with van der Waals surface area (Å²) in [6.45, 7) is 2.09. The quantitative estimate of drug-likeness (QED) is 0.143. The summed E-state index contributed by atoms with van der Waals surface area (Å²) in [5.41, 5.74) is 8.22. The van der Waals surface area contributed by atoms with Crippen molar-refractivity contribution < 1.29 is 10.0 Å². The van der Waals surface area contributed by atoms with E-state index in [1.807, 2.05) is 65.4 Å². The maximum absolute atomic E-state index is 11.2. The molecule has 3 heterocycles. The number of hydrogen-bond donors (Lipinski definition) is 3. The van der Waals surface area contributed by atoms with Crippen LogP contribution in [-0.2, 0) is 11.2 Å². The first kappa shape index (κ1) is 23.1. The summed E-state index contributed by atoms with van der Waals surface area (Å²) in [5.74, 6) is -0.557. The third-order valence-electron chi connectivity index (χ3n) is 5.93. The molecular weight excluding hydrogens is 426 g/mol. The van der Waals surface area contributed by atoms with Crippen molar-refractivity contribution in [2.45, 2.75) is 32.1 Å². The molecule has 172 valence electrons. The minimum atomic E-state index is -0.573. The fourth-order valence-corrected chi connectivity index (χ4v) is 4.20. The predicted octanol–water partition coefficient (Wildman–Crippen LogP) is 5.06. The molecule has 3 aromatic heterocycles. The van der Waals surface area contributed by atoms with Crippen LogP contribution in [-0.4, -0.2) is 31.4 Å². The number of aryl methyl sites for hydroxylation is 1. The summed E-state index contributed by atoms with van der Waals surface area (Å²) in [6.07, 6.45) is 10.6. The molecule has 0 aliphatic rings. The Hall–Kier alpha value is -4.10. The van der Waals surface area contributed by atoms with E-state index < -0.39 is 5.91 Å². The molecule has 7 heteroatoms. The standard InChI is InChI=1S/C27H27N5O2/c1-2-22(20-11-8-19(9-12-20)10-15-26(33)31-34)24(28)14-13-23-25-7-3-4-17-32(25)30-27(23)21-6-5-16-29-18-21/h3-12,15-18,22,28,34H,2,13-14H2,1H3,(H,31,33)/b15-10+,28-24?/t22-/m0/s1. The van der Waals surface area contributed by atoms with Gasteiger partial charge in [-0.25, -0.2) is 10.00 Å². The lowest BCUT2D eigenvalue weighted by Crippen LogP contribution is -2.14. The lowest BCUT2D eigenvalue weighted by Gasteiger charge is -2.17. The first-order chi connectivity index (χ1) is 16.6. The topological polar surface area (TPSA) is 103 Å². The molecule has 0 aliphatic carbocycles. The van der Waals surface area contributed by atoms with Gasteiger partial charge in [-0.2, -0.15) is 5.10 Å². The summed E-state index contributed by atoms with van der Waals surface area (Å²) in [7, 11) is 0. The fourth-order valence-electron chi connectivity index (χ4n) is 4.20. The van der Waals surface area contributed by atoms with E-state index in [4.69, 9.17) is 15.7 Å². The molecule has 1 atom stereocenters. The van der Waals surface area contributed by atoms with Gasteiger partial charge in [0.05, 0.1) is 11.2 Å². The Morgan fingerprint density at radius 3 is 2.71 bits per heavy atom. The largest absolute Gasteiger partial charge is 0.309 e. The smallest absolute Gasteiger partial charge is 0.267 e. The van der Waals surface area contributed by atoms with E-state index in [0.717, 1.165) is 39.9 Å². The van der Waals surface area contributed by atoms with Crippen molar-refractivity contribution in [2.75, 3.05) is 0 Å². The number of aromatic nitrogens is 3. The average Bonchev–Trinajstić information content (AvgIpc) is 3.26. The van der Waals surface area contributed by atoms with Gasteiger partial charge < -0.3 is 5.41 Å². The van der Waals surface area contributed by atoms with Crippen molar-refractivity contribution in [3.8, 4) is 11.3 Å². The van der Waals surface area contributed by atoms with E-state index in [1.54, 1.807) is 17.8 Å². The zero-order chi connectivity index (χ0) is 23.9. The third kappa shape index (κ3) is 5.10. The van der Waals surface area contributed by atoms with Gasteiger partial charge in [-0.1, -0.05) is 37.3 Å². The number of nitrogens with one attached hydrogen (secondary N) is 2. The third-order valence-corrected chi connectivity index (χ3v) is 5.93. The molecule has 7 nitrogen and oxygen atoms in total. The van der Waals surface area contributed by atoms with Crippen LogP contribution in [0.25, 0.3) is 22.9 Å². The van der Waals surface area contributed by atoms with Gasteiger partial charge in [-0.05, 0) is 60.7 Å². The van der Waals surface area contributed by atoms with E-state index in [0.29, 0.717) is 18.6 Å². The van der Waals surface area contributed by atoms with Gasteiger partial charge in [0.25, 0.3) is 5.91 Å². The van der Waals surface area contributed by atoms with E-state index >= 15 is 0 Å². The van der Waals surface area contributed by atoms with Crippen molar-refractivity contribution in [1.82, 2.24) is 20.1 Å². The second-order valence-electron chi connectivity index (χ2n) is 8.06. The molecule has 0 aliphatic heterocycles. The van der Waals surface area contributed by atoms with E-state index in [-0.39, 0.29) is 5.92 Å². The van der Waals surface area contributed by atoms with Gasteiger partial charge >= 0.3 is 0 Å². The Morgan fingerprint density at radius 1 is 1.18 bits per heavy atom. The Morgan fingerprint density at radius 2 is 2.00 bits per heavy atom. The van der Waals surface area contributed by atoms with Crippen LogP contribution in [0, 0.1) is 5.41 Å². The van der Waals surface area contributed by atoms with Crippen LogP contribution in [0.4, 0.5) is 0 Å². The molecule has 3 N–H and O–H groups in total. The molecule has 1 aromatic carbocycles. The van der Waals surface area contributed by atoms with E-state index in [1.165, 1.54) is 6.08 Å². The summed E-state index contributed by atoms with van der Waals surface area (Å²) >= 11 is 0. The highest BCUT2D eigenvalue weighted by Crippen LogP contribution is 2.29. The second-order valence-corrected chi connectivity index (χ2v) is 8.06. The van der Waals surface area contributed by atoms with E-state index in [9.17, 15) is 4.79 Å². The van der Waals surface area contributed by atoms with Crippen LogP contribution in [0.1, 0.15) is 42.4 Å². The predicted molar refractivity (Wildman–Crippen MR) is 133 cm³/mol. The first-order valence-electron chi connectivity index (χ1n) is 11.3. The average molecular weight is 454 g/mol. The highest BCUT2D eigenvalue weighted by atomic mass is 16.5. The molecule has 0 fully saturated rings. The summed E-state index contributed by atoms with van der Waals surface area (Å²) < 4.78 is 1.89. The van der Waals surface area contributed by atoms with Gasteiger partial charge in [-0.15, -0.1) is 0 Å². The van der Waals surface area contributed by atoms with Crippen molar-refractivity contribution >= 4 is 23.2 Å². The lowest BCUT2D eigenvalue weighted by molar-refractivity contribution is -0.124. The number of hydroxylamine groups is 1. The van der Waals surface area contributed by atoms with Crippen molar-refractivity contribution in [3.63, 3.8) is 0 Å². The SMILES string of the molecule is CC[C@H](C(=N)CCc1c(-c2cccnc2)nn2ccccc12)c1ccc(/C=C/C(=O)NO)cc1. The monoisotopic (exact) mass is 453 g/mol. The molecule has 4 aromatic rings. The van der Waals surface area contributed by atoms with Gasteiger partial charge in [0.15, 0.2) is 0 Å². The Kier molecular flexibility index (Phi) is 7.25. The van der Waals surface area contributed by atoms with E-state index in [2.05, 4.69) is 18.0 Å². The molecule has 0 saturated heterocycles. The number of fused-ring (bicyclic) bond motifs is 1. The maximum Gasteiger partial charge on any atom is 0.267 e. The number of hydrogen-bond acceptors (Lipinski definition) is 5. The molecule has 0 spiro atoms. The molecule has 0 unspecified atom stereocenters. The zero-order valence-electron chi connectivity index (χ0n) is 19.0. The van der Waals surface area contributed by atoms with Crippen LogP contribution in [0.2, 0.25) is 0 Å². The van der Waals surface area contributed by atoms with Crippen LogP contribution >= 0.6 is 0 Å². The summed E-state index contributed by atoms with van der Waals surface area (Å²) in [4.78, 5) is 15.4. The molecule has 0 radical (unpaired) electrons. The summed E-state index contributed by atoms with van der Waals surface area (Å²) in [6, 6.07) is 17.8. The first-order valence-corrected chi connectivity index (χ1v) is 11.3. The second kappa shape index (κ2) is 10.7. The molecular formula is C27H27N5O2. The minimum absolute atomic E-state index is 0.0162. The molecule has 0 bridgehead atoms. The number of nitrogens with zero attached hydrogens (tertiary/aromatic N) is 3. The number of pyridine rings is 2. The lowest BCUT2D eigenvalue weighted by atomic mass is 9.88. The fraction of sp³-hybridized carbons (Fsp3) is 0.185. The Bertz CT molecular complexity index is 1310. The maximum atomic E-state index is 11.2. The number of carbonyl (C=O) groups is 1. The molecule has 1 amide bonds. The van der Waals surface area contributed by atoms with Crippen molar-refractivity contribution in [3.05, 3.63) is 96.0 Å². The normalized spacial score (nSPS) is 12.2. The zero-order valence-corrected chi connectivity index (χ0v) is 19.0.